The Labute approximate surface area is 189 Å². The number of primary sulfonamides is 1. The van der Waals surface area contributed by atoms with Crippen molar-refractivity contribution in [1.29, 1.82) is 0 Å². The molecule has 9 nitrogen and oxygen atoms in total. The molecular weight excluding hydrogens is 452 g/mol. The molecule has 0 unspecified atom stereocenters. The number of nitrogens with two attached hydrogens (primary N) is 1. The van der Waals surface area contributed by atoms with Crippen molar-refractivity contribution in [2.75, 3.05) is 25.0 Å². The van der Waals surface area contributed by atoms with Crippen LogP contribution in [0.5, 0.6) is 0 Å². The van der Waals surface area contributed by atoms with Crippen molar-refractivity contribution >= 4 is 31.6 Å². The van der Waals surface area contributed by atoms with Crippen molar-refractivity contribution in [3.63, 3.8) is 0 Å². The third kappa shape index (κ3) is 6.36. The molecule has 2 aromatic rings. The quantitative estimate of drug-likeness (QED) is 0.523. The lowest BCUT2D eigenvalue weighted by Crippen LogP contribution is -2.37. The van der Waals surface area contributed by atoms with E-state index in [9.17, 15) is 21.6 Å². The van der Waals surface area contributed by atoms with Gasteiger partial charge in [-0.1, -0.05) is 19.1 Å². The molecule has 1 saturated heterocycles. The number of hydrogen-bond acceptors (Lipinski definition) is 6. The lowest BCUT2D eigenvalue weighted by atomic mass is 10.0. The highest BCUT2D eigenvalue weighted by molar-refractivity contribution is 7.89. The zero-order chi connectivity index (χ0) is 23.4. The van der Waals surface area contributed by atoms with Crippen LogP contribution in [0.1, 0.15) is 25.3 Å². The average Bonchev–Trinajstić information content (AvgIpc) is 2.74. The largest absolute Gasteiger partial charge is 0.325 e. The van der Waals surface area contributed by atoms with Crippen LogP contribution in [0.3, 0.4) is 0 Å². The van der Waals surface area contributed by atoms with E-state index in [4.69, 9.17) is 5.14 Å². The molecule has 0 radical (unpaired) electrons. The molecule has 0 atom stereocenters. The molecule has 174 valence electrons. The second kappa shape index (κ2) is 10.1. The van der Waals surface area contributed by atoms with Crippen LogP contribution in [0.2, 0.25) is 0 Å². The zero-order valence-electron chi connectivity index (χ0n) is 17.8. The molecule has 1 amide bonds. The monoisotopic (exact) mass is 480 g/mol. The molecule has 1 aliphatic heterocycles. The molecule has 0 bridgehead atoms. The van der Waals surface area contributed by atoms with E-state index in [-0.39, 0.29) is 22.2 Å². The Bertz CT molecular complexity index is 1140. The topological polar surface area (TPSA) is 139 Å². The SMILES string of the molecule is CC1CCN(S(=O)(=O)c2ccc(NC(=O)CNCc3ccc(S(N)(=O)=O)cc3)cc2)CC1. The Kier molecular flexibility index (Phi) is 7.67. The van der Waals surface area contributed by atoms with Gasteiger partial charge in [0.05, 0.1) is 16.3 Å². The van der Waals surface area contributed by atoms with Crippen LogP contribution < -0.4 is 15.8 Å². The van der Waals surface area contributed by atoms with Gasteiger partial charge in [-0.25, -0.2) is 22.0 Å². The van der Waals surface area contributed by atoms with E-state index in [0.29, 0.717) is 31.2 Å². The first-order chi connectivity index (χ1) is 15.1. The Morgan fingerprint density at radius 2 is 1.53 bits per heavy atom. The summed E-state index contributed by atoms with van der Waals surface area (Å²) in [6.07, 6.45) is 1.72. The zero-order valence-corrected chi connectivity index (χ0v) is 19.5. The van der Waals surface area contributed by atoms with E-state index in [1.54, 1.807) is 24.3 Å². The normalized spacial score (nSPS) is 16.1. The number of benzene rings is 2. The maximum Gasteiger partial charge on any atom is 0.243 e. The van der Waals surface area contributed by atoms with Crippen molar-refractivity contribution in [2.24, 2.45) is 11.1 Å². The van der Waals surface area contributed by atoms with Crippen LogP contribution in [0.15, 0.2) is 58.3 Å². The number of piperidine rings is 1. The lowest BCUT2D eigenvalue weighted by molar-refractivity contribution is -0.115. The number of anilines is 1. The first-order valence-electron chi connectivity index (χ1n) is 10.3. The standard InChI is InChI=1S/C21H28N4O5S2/c1-16-10-12-25(13-11-16)32(29,30)20-8-4-18(5-9-20)24-21(26)15-23-14-17-2-6-19(7-3-17)31(22,27)28/h2-9,16,23H,10-15H2,1H3,(H,24,26)(H2,22,27,28). The Morgan fingerprint density at radius 3 is 2.09 bits per heavy atom. The maximum absolute atomic E-state index is 12.8. The molecule has 1 fully saturated rings. The summed E-state index contributed by atoms with van der Waals surface area (Å²) in [5.41, 5.74) is 1.30. The van der Waals surface area contributed by atoms with Crippen LogP contribution in [-0.4, -0.2) is 46.7 Å². The first kappa shape index (κ1) is 24.3. The molecule has 11 heteroatoms. The molecule has 1 heterocycles. The number of nitrogens with zero attached hydrogens (tertiary/aromatic N) is 1. The van der Waals surface area contributed by atoms with Crippen molar-refractivity contribution in [2.45, 2.75) is 36.1 Å². The van der Waals surface area contributed by atoms with Gasteiger partial charge in [-0.2, -0.15) is 4.31 Å². The summed E-state index contributed by atoms with van der Waals surface area (Å²) < 4.78 is 49.6. The van der Waals surface area contributed by atoms with E-state index in [2.05, 4.69) is 17.6 Å². The summed E-state index contributed by atoms with van der Waals surface area (Å²) in [5, 5.41) is 10.7. The Hall–Kier alpha value is -2.31. The predicted octanol–water partition coefficient (Wildman–Crippen LogP) is 1.48. The van der Waals surface area contributed by atoms with Crippen LogP contribution >= 0.6 is 0 Å². The molecule has 1 aliphatic rings. The van der Waals surface area contributed by atoms with Crippen molar-refractivity contribution in [1.82, 2.24) is 9.62 Å². The second-order valence-electron chi connectivity index (χ2n) is 7.95. The Morgan fingerprint density at radius 1 is 0.969 bits per heavy atom. The number of rotatable bonds is 8. The van der Waals surface area contributed by atoms with Crippen LogP contribution in [0.25, 0.3) is 0 Å². The van der Waals surface area contributed by atoms with Crippen molar-refractivity contribution in [3.05, 3.63) is 54.1 Å². The summed E-state index contributed by atoms with van der Waals surface area (Å²) in [7, 11) is -7.26. The molecule has 0 aliphatic carbocycles. The van der Waals surface area contributed by atoms with Crippen molar-refractivity contribution in [3.8, 4) is 0 Å². The number of sulfonamides is 2. The molecule has 0 spiro atoms. The number of carbonyl (C=O) groups is 1. The highest BCUT2D eigenvalue weighted by atomic mass is 32.2. The van der Waals surface area contributed by atoms with Gasteiger partial charge in [0.2, 0.25) is 26.0 Å². The fraction of sp³-hybridized carbons (Fsp3) is 0.381. The van der Waals surface area contributed by atoms with Gasteiger partial charge in [0.25, 0.3) is 0 Å². The molecule has 0 aromatic heterocycles. The highest BCUT2D eigenvalue weighted by Crippen LogP contribution is 2.24. The molecule has 2 aromatic carbocycles. The van der Waals surface area contributed by atoms with E-state index < -0.39 is 20.0 Å². The van der Waals surface area contributed by atoms with Gasteiger partial charge in [-0.3, -0.25) is 4.79 Å². The number of nitrogens with one attached hydrogen (secondary N) is 2. The molecule has 0 saturated carbocycles. The van der Waals surface area contributed by atoms with Crippen LogP contribution in [0, 0.1) is 5.92 Å². The predicted molar refractivity (Wildman–Crippen MR) is 122 cm³/mol. The summed E-state index contributed by atoms with van der Waals surface area (Å²) in [5.74, 6) is 0.251. The van der Waals surface area contributed by atoms with E-state index in [1.165, 1.54) is 28.6 Å². The summed E-state index contributed by atoms with van der Waals surface area (Å²) in [4.78, 5) is 12.4. The summed E-state index contributed by atoms with van der Waals surface area (Å²) in [6, 6.07) is 12.2. The molecule has 32 heavy (non-hydrogen) atoms. The third-order valence-electron chi connectivity index (χ3n) is 5.39. The van der Waals surface area contributed by atoms with E-state index >= 15 is 0 Å². The lowest BCUT2D eigenvalue weighted by Gasteiger charge is -2.29. The van der Waals surface area contributed by atoms with Gasteiger partial charge in [0.1, 0.15) is 0 Å². The van der Waals surface area contributed by atoms with Gasteiger partial charge in [-0.05, 0) is 60.7 Å². The number of amides is 1. The molecule has 3 rings (SSSR count). The van der Waals surface area contributed by atoms with E-state index in [1.807, 2.05) is 0 Å². The first-order valence-corrected chi connectivity index (χ1v) is 13.3. The Balaban J connectivity index is 1.49. The molecule has 4 N–H and O–H groups in total. The smallest absolute Gasteiger partial charge is 0.243 e. The average molecular weight is 481 g/mol. The van der Waals surface area contributed by atoms with E-state index in [0.717, 1.165) is 18.4 Å². The number of hydrogen-bond donors (Lipinski definition) is 3. The van der Waals surface area contributed by atoms with Crippen LogP contribution in [-0.2, 0) is 31.4 Å². The minimum Gasteiger partial charge on any atom is -0.325 e. The fourth-order valence-electron chi connectivity index (χ4n) is 3.41. The fourth-order valence-corrected chi connectivity index (χ4v) is 5.39. The maximum atomic E-state index is 12.8. The second-order valence-corrected chi connectivity index (χ2v) is 11.5. The molecular formula is C21H28N4O5S2. The number of carbonyl (C=O) groups excluding carboxylic acids is 1. The van der Waals surface area contributed by atoms with Gasteiger partial charge >= 0.3 is 0 Å². The van der Waals surface area contributed by atoms with Crippen molar-refractivity contribution < 1.29 is 21.6 Å². The third-order valence-corrected chi connectivity index (χ3v) is 8.23. The summed E-state index contributed by atoms with van der Waals surface area (Å²) in [6.45, 7) is 3.57. The minimum atomic E-state index is -3.73. The van der Waals surface area contributed by atoms with Gasteiger partial charge < -0.3 is 10.6 Å². The minimum absolute atomic E-state index is 0.0271. The highest BCUT2D eigenvalue weighted by Gasteiger charge is 2.27. The summed E-state index contributed by atoms with van der Waals surface area (Å²) >= 11 is 0. The van der Waals surface area contributed by atoms with Gasteiger partial charge in [-0.15, -0.1) is 0 Å². The van der Waals surface area contributed by atoms with Crippen LogP contribution in [0.4, 0.5) is 5.69 Å². The van der Waals surface area contributed by atoms with Gasteiger partial charge in [0.15, 0.2) is 0 Å². The van der Waals surface area contributed by atoms with Gasteiger partial charge in [0, 0.05) is 25.3 Å².